The summed E-state index contributed by atoms with van der Waals surface area (Å²) in [4.78, 5) is 16.2. The minimum Gasteiger partial charge on any atom is -0.302 e. The van der Waals surface area contributed by atoms with Crippen molar-refractivity contribution in [3.05, 3.63) is 60.7 Å². The van der Waals surface area contributed by atoms with Gasteiger partial charge in [-0.25, -0.2) is 18.1 Å². The van der Waals surface area contributed by atoms with Crippen LogP contribution in [0.25, 0.3) is 41.0 Å². The number of hydrogen-bond donors (Lipinski definition) is 1. The van der Waals surface area contributed by atoms with Crippen molar-refractivity contribution in [1.82, 2.24) is 9.71 Å². The first kappa shape index (κ1) is 21.2. The number of thiazole rings is 1. The number of nitrogens with one attached hydrogen (secondary N) is 1. The molecule has 3 aromatic carbocycles. The lowest BCUT2D eigenvalue weighted by molar-refractivity contribution is -0.110. The van der Waals surface area contributed by atoms with Gasteiger partial charge < -0.3 is 4.79 Å². The van der Waals surface area contributed by atoms with E-state index in [0.29, 0.717) is 6.29 Å². The summed E-state index contributed by atoms with van der Waals surface area (Å²) in [6, 6.07) is 18.6. The van der Waals surface area contributed by atoms with Gasteiger partial charge in [0, 0.05) is 25.7 Å². The Morgan fingerprint density at radius 3 is 2.47 bits per heavy atom. The largest absolute Gasteiger partial charge is 0.302 e. The highest BCUT2D eigenvalue weighted by Crippen LogP contribution is 2.38. The van der Waals surface area contributed by atoms with Crippen LogP contribution in [0.15, 0.2) is 65.6 Å². The number of aldehydes is 1. The average Bonchev–Trinajstić information content (AvgIpc) is 3.37. The Morgan fingerprint density at radius 1 is 0.906 bits per heavy atom. The van der Waals surface area contributed by atoms with Gasteiger partial charge in [-0.2, -0.15) is 0 Å². The highest BCUT2D eigenvalue weighted by atomic mass is 32.2. The first-order chi connectivity index (χ1) is 15.4. The average molecular weight is 481 g/mol. The summed E-state index contributed by atoms with van der Waals surface area (Å²) >= 11 is 3.28. The number of carbonyl (C=O) groups excluding carboxylic acids is 1. The third-order valence-electron chi connectivity index (χ3n) is 5.45. The number of carbonyl (C=O) groups is 1. The Labute approximate surface area is 193 Å². The Hall–Kier alpha value is -2.65. The van der Waals surface area contributed by atoms with E-state index in [1.54, 1.807) is 48.7 Å². The van der Waals surface area contributed by atoms with Crippen molar-refractivity contribution in [2.45, 2.75) is 24.8 Å². The second-order valence-corrected chi connectivity index (χ2v) is 11.8. The third-order valence-corrected chi connectivity index (χ3v) is 9.13. The molecule has 0 saturated heterocycles. The van der Waals surface area contributed by atoms with Gasteiger partial charge in [0.15, 0.2) is 0 Å². The molecule has 0 bridgehead atoms. The van der Waals surface area contributed by atoms with Crippen LogP contribution in [0.1, 0.15) is 13.8 Å². The second-order valence-electron chi connectivity index (χ2n) is 7.98. The molecule has 2 heterocycles. The minimum atomic E-state index is -3.81. The number of aromatic nitrogens is 1. The molecule has 0 saturated carbocycles. The van der Waals surface area contributed by atoms with Crippen LogP contribution in [0, 0.1) is 5.92 Å². The fraction of sp³-hybridized carbons (Fsp3) is 0.167. The van der Waals surface area contributed by atoms with Crippen LogP contribution in [0.2, 0.25) is 0 Å². The SMILES string of the molecule is CC(C)[C@H](C=O)NS(=O)(=O)c1ccc2sc3cc(-c4nc5ccccc5s4)ccc3c2c1. The van der Waals surface area contributed by atoms with Crippen LogP contribution in [0.3, 0.4) is 0 Å². The topological polar surface area (TPSA) is 76.1 Å². The van der Waals surface area contributed by atoms with Crippen LogP contribution in [0.4, 0.5) is 0 Å². The molecule has 5 nitrogen and oxygen atoms in total. The van der Waals surface area contributed by atoms with Gasteiger partial charge in [-0.3, -0.25) is 0 Å². The molecule has 0 fully saturated rings. The highest BCUT2D eigenvalue weighted by molar-refractivity contribution is 7.89. The molecule has 0 aliphatic rings. The summed E-state index contributed by atoms with van der Waals surface area (Å²) in [5.41, 5.74) is 2.03. The van der Waals surface area contributed by atoms with E-state index in [1.807, 2.05) is 36.4 Å². The molecule has 162 valence electrons. The molecule has 0 aliphatic carbocycles. The smallest absolute Gasteiger partial charge is 0.241 e. The fourth-order valence-electron chi connectivity index (χ4n) is 3.62. The highest BCUT2D eigenvalue weighted by Gasteiger charge is 2.23. The van der Waals surface area contributed by atoms with Crippen molar-refractivity contribution in [1.29, 1.82) is 0 Å². The van der Waals surface area contributed by atoms with Crippen molar-refractivity contribution in [2.24, 2.45) is 5.92 Å². The van der Waals surface area contributed by atoms with Crippen molar-refractivity contribution >= 4 is 69.4 Å². The van der Waals surface area contributed by atoms with Gasteiger partial charge in [-0.1, -0.05) is 38.1 Å². The number of benzene rings is 3. The summed E-state index contributed by atoms with van der Waals surface area (Å²) in [5, 5.41) is 2.85. The van der Waals surface area contributed by atoms with Crippen LogP contribution in [0.5, 0.6) is 0 Å². The Bertz CT molecular complexity index is 1550. The van der Waals surface area contributed by atoms with Gasteiger partial charge in [-0.15, -0.1) is 22.7 Å². The number of thiophene rings is 1. The van der Waals surface area contributed by atoms with Crippen molar-refractivity contribution in [3.8, 4) is 10.6 Å². The lowest BCUT2D eigenvalue weighted by Crippen LogP contribution is -2.39. The molecule has 8 heteroatoms. The lowest BCUT2D eigenvalue weighted by Gasteiger charge is -2.16. The zero-order valence-corrected chi connectivity index (χ0v) is 19.9. The van der Waals surface area contributed by atoms with Gasteiger partial charge >= 0.3 is 0 Å². The number of rotatable bonds is 6. The molecule has 1 N–H and O–H groups in total. The van der Waals surface area contributed by atoms with E-state index < -0.39 is 16.1 Å². The summed E-state index contributed by atoms with van der Waals surface area (Å²) in [6.07, 6.45) is 0.643. The molecule has 32 heavy (non-hydrogen) atoms. The van der Waals surface area contributed by atoms with E-state index in [9.17, 15) is 13.2 Å². The molecule has 0 spiro atoms. The van der Waals surface area contributed by atoms with E-state index in [2.05, 4.69) is 16.9 Å². The zero-order chi connectivity index (χ0) is 22.5. The maximum Gasteiger partial charge on any atom is 0.241 e. The number of para-hydroxylation sites is 1. The first-order valence-electron chi connectivity index (χ1n) is 10.2. The molecule has 0 radical (unpaired) electrons. The minimum absolute atomic E-state index is 0.131. The van der Waals surface area contributed by atoms with Crippen LogP contribution in [-0.2, 0) is 14.8 Å². The summed E-state index contributed by atoms with van der Waals surface area (Å²) in [7, 11) is -3.81. The third kappa shape index (κ3) is 3.73. The van der Waals surface area contributed by atoms with E-state index in [1.165, 1.54) is 0 Å². The number of fused-ring (bicyclic) bond motifs is 4. The molecule has 5 aromatic rings. The maximum atomic E-state index is 12.9. The van der Waals surface area contributed by atoms with E-state index >= 15 is 0 Å². The fourth-order valence-corrected chi connectivity index (χ4v) is 7.05. The van der Waals surface area contributed by atoms with Gasteiger partial charge in [0.1, 0.15) is 11.3 Å². The van der Waals surface area contributed by atoms with Gasteiger partial charge in [0.05, 0.1) is 21.2 Å². The maximum absolute atomic E-state index is 12.9. The predicted octanol–water partition coefficient (Wildman–Crippen LogP) is 5.83. The molecule has 0 aliphatic heterocycles. The molecule has 5 rings (SSSR count). The van der Waals surface area contributed by atoms with E-state index in [0.717, 1.165) is 41.0 Å². The Kier molecular flexibility index (Phi) is 5.33. The summed E-state index contributed by atoms with van der Waals surface area (Å²) in [5.74, 6) is -0.131. The number of nitrogens with zero attached hydrogens (tertiary/aromatic N) is 1. The summed E-state index contributed by atoms with van der Waals surface area (Å²) in [6.45, 7) is 3.61. The second kappa shape index (κ2) is 8.04. The zero-order valence-electron chi connectivity index (χ0n) is 17.4. The predicted molar refractivity (Wildman–Crippen MR) is 133 cm³/mol. The van der Waals surface area contributed by atoms with Gasteiger partial charge in [0.25, 0.3) is 0 Å². The first-order valence-corrected chi connectivity index (χ1v) is 13.3. The van der Waals surface area contributed by atoms with Gasteiger partial charge in [0.2, 0.25) is 10.0 Å². The quantitative estimate of drug-likeness (QED) is 0.310. The molecule has 0 amide bonds. The molecule has 0 unspecified atom stereocenters. The Morgan fingerprint density at radius 2 is 1.72 bits per heavy atom. The molecular formula is C24H20N2O3S3. The lowest BCUT2D eigenvalue weighted by atomic mass is 10.1. The van der Waals surface area contributed by atoms with Crippen LogP contribution < -0.4 is 4.72 Å². The van der Waals surface area contributed by atoms with Crippen molar-refractivity contribution < 1.29 is 13.2 Å². The molecule has 1 atom stereocenters. The van der Waals surface area contributed by atoms with Crippen molar-refractivity contribution in [3.63, 3.8) is 0 Å². The van der Waals surface area contributed by atoms with Gasteiger partial charge in [-0.05, 0) is 42.3 Å². The number of sulfonamides is 1. The van der Waals surface area contributed by atoms with Crippen LogP contribution >= 0.6 is 22.7 Å². The monoisotopic (exact) mass is 480 g/mol. The molecule has 2 aromatic heterocycles. The standard InChI is InChI=1S/C24H20N2O3S3/c1-14(2)20(13-27)26-32(28,29)16-8-10-21-18(12-16)17-9-7-15(11-23(17)30-21)24-25-19-5-3-4-6-22(19)31-24/h3-14,20,26H,1-2H3/t20-/m0/s1. The van der Waals surface area contributed by atoms with E-state index in [4.69, 9.17) is 4.98 Å². The molecular weight excluding hydrogens is 460 g/mol. The van der Waals surface area contributed by atoms with Crippen LogP contribution in [-0.4, -0.2) is 25.7 Å². The number of hydrogen-bond acceptors (Lipinski definition) is 6. The van der Waals surface area contributed by atoms with Crippen molar-refractivity contribution in [2.75, 3.05) is 0 Å². The van der Waals surface area contributed by atoms with E-state index in [-0.39, 0.29) is 10.8 Å². The normalized spacial score (nSPS) is 13.3. The Balaban J connectivity index is 1.56. The summed E-state index contributed by atoms with van der Waals surface area (Å²) < 4.78 is 31.5.